The van der Waals surface area contributed by atoms with Gasteiger partial charge in [0.25, 0.3) is 0 Å². The van der Waals surface area contributed by atoms with Crippen LogP contribution in [-0.4, -0.2) is 61.3 Å². The number of unbranched alkanes of at least 4 members (excludes halogenated alkanes) is 30. The highest BCUT2D eigenvalue weighted by molar-refractivity contribution is 4.58. The molecule has 2 nitrogen and oxygen atoms in total. The second-order valence-electron chi connectivity index (χ2n) is 18.1. The number of rotatable bonds is 45. The summed E-state index contributed by atoms with van der Waals surface area (Å²) in [5.74, 6) is 0. The van der Waals surface area contributed by atoms with Crippen LogP contribution in [0.3, 0.4) is 0 Å². The molecular weight excluding hydrogens is 788 g/mol. The first-order valence-corrected chi connectivity index (χ1v) is 25.3. The third-order valence-electron chi connectivity index (χ3n) is 13.0. The maximum absolute atomic E-state index is 2.37. The molecule has 330 valence electrons. The van der Waals surface area contributed by atoms with E-state index >= 15 is 0 Å². The Morgan fingerprint density at radius 1 is 0.167 bits per heavy atom. The van der Waals surface area contributed by atoms with Crippen molar-refractivity contribution >= 4 is 0 Å². The molecule has 0 aliphatic heterocycles. The van der Waals surface area contributed by atoms with Crippen LogP contribution in [0.15, 0.2) is 0 Å². The van der Waals surface area contributed by atoms with Crippen LogP contribution in [0.4, 0.5) is 0 Å². The second-order valence-corrected chi connectivity index (χ2v) is 18.1. The molecule has 0 unspecified atom stereocenters. The monoisotopic (exact) mass is 893 g/mol. The summed E-state index contributed by atoms with van der Waals surface area (Å²) in [5.41, 5.74) is 0. The number of quaternary nitrogens is 2. The van der Waals surface area contributed by atoms with Gasteiger partial charge in [0.15, 0.2) is 0 Å². The average Bonchev–Trinajstić information content (AvgIpc) is 3.15. The standard InChI is InChI=1S/C50H106N2.2BrH/c1-7-13-19-25-31-37-43-51(44-38-32-26-20-14-8-2,45-39-33-27-21-15-9-3)49-50-52(46-40-34-28-22-16-10-4,47-41-35-29-23-17-11-5)48-42-36-30-24-18-12-6;;/h7-50H2,1-6H3;2*1H/q+2;;/p-2. The molecule has 0 radical (unpaired) electrons. The van der Waals surface area contributed by atoms with E-state index in [1.54, 1.807) is 0 Å². The van der Waals surface area contributed by atoms with Crippen molar-refractivity contribution in [1.29, 1.82) is 0 Å². The SMILES string of the molecule is CCCCCCCC[N+](CCCCCCCC)(CCCCCCCC)CC[N+](CCCCCCCC)(CCCCCCCC)CCCCCCCC.[Br-].[Br-]. The van der Waals surface area contributed by atoms with Crippen LogP contribution in [0.5, 0.6) is 0 Å². The Kier molecular flexibility index (Phi) is 51.0. The quantitative estimate of drug-likeness (QED) is 0.0422. The lowest BCUT2D eigenvalue weighted by molar-refractivity contribution is -0.981. The normalized spacial score (nSPS) is 11.9. The smallest absolute Gasteiger partial charge is 0.128 e. The third-order valence-corrected chi connectivity index (χ3v) is 13.0. The van der Waals surface area contributed by atoms with E-state index < -0.39 is 0 Å². The van der Waals surface area contributed by atoms with E-state index in [1.165, 1.54) is 292 Å². The molecule has 0 aliphatic carbocycles. The Hall–Kier alpha value is 0.880. The van der Waals surface area contributed by atoms with Crippen molar-refractivity contribution < 1.29 is 42.9 Å². The van der Waals surface area contributed by atoms with Gasteiger partial charge in [-0.3, -0.25) is 0 Å². The molecule has 0 saturated carbocycles. The summed E-state index contributed by atoms with van der Waals surface area (Å²) in [4.78, 5) is 0. The Bertz CT molecular complexity index is 533. The van der Waals surface area contributed by atoms with Gasteiger partial charge >= 0.3 is 0 Å². The van der Waals surface area contributed by atoms with E-state index in [1.807, 2.05) is 0 Å². The average molecular weight is 895 g/mol. The maximum Gasteiger partial charge on any atom is 0.128 e. The lowest BCUT2D eigenvalue weighted by atomic mass is 10.0. The van der Waals surface area contributed by atoms with Gasteiger partial charge in [0, 0.05) is 0 Å². The minimum absolute atomic E-state index is 0. The molecule has 0 spiro atoms. The molecule has 0 aromatic rings. The first kappa shape index (κ1) is 59.2. The number of halogens is 2. The van der Waals surface area contributed by atoms with Gasteiger partial charge in [-0.25, -0.2) is 0 Å². The predicted molar refractivity (Wildman–Crippen MR) is 240 cm³/mol. The van der Waals surface area contributed by atoms with Crippen LogP contribution in [0.25, 0.3) is 0 Å². The molecule has 0 saturated heterocycles. The van der Waals surface area contributed by atoms with E-state index in [4.69, 9.17) is 0 Å². The Morgan fingerprint density at radius 3 is 0.444 bits per heavy atom. The number of hydrogen-bond acceptors (Lipinski definition) is 0. The molecule has 0 heterocycles. The molecular formula is C50H106Br2N2. The van der Waals surface area contributed by atoms with Crippen molar-refractivity contribution in [2.45, 2.75) is 273 Å². The third kappa shape index (κ3) is 37.2. The zero-order valence-electron chi connectivity index (χ0n) is 38.8. The highest BCUT2D eigenvalue weighted by atomic mass is 79.9. The fourth-order valence-corrected chi connectivity index (χ4v) is 9.13. The van der Waals surface area contributed by atoms with Gasteiger partial charge < -0.3 is 42.9 Å². The van der Waals surface area contributed by atoms with Crippen molar-refractivity contribution in [2.24, 2.45) is 0 Å². The van der Waals surface area contributed by atoms with Gasteiger partial charge in [-0.2, -0.15) is 0 Å². The van der Waals surface area contributed by atoms with E-state index in [0.717, 1.165) is 0 Å². The minimum atomic E-state index is 0. The molecule has 0 bridgehead atoms. The van der Waals surface area contributed by atoms with Crippen LogP contribution < -0.4 is 34.0 Å². The zero-order valence-corrected chi connectivity index (χ0v) is 41.9. The fraction of sp³-hybridized carbons (Fsp3) is 1.00. The largest absolute Gasteiger partial charge is 1.00 e. The highest BCUT2D eigenvalue weighted by Crippen LogP contribution is 2.24. The van der Waals surface area contributed by atoms with Crippen molar-refractivity contribution in [3.8, 4) is 0 Å². The molecule has 4 heteroatoms. The number of nitrogens with zero attached hydrogens (tertiary/aromatic N) is 2. The van der Waals surface area contributed by atoms with Crippen LogP contribution in [0.2, 0.25) is 0 Å². The van der Waals surface area contributed by atoms with Gasteiger partial charge in [0.2, 0.25) is 0 Å². The second kappa shape index (κ2) is 46.6. The maximum atomic E-state index is 2.37. The highest BCUT2D eigenvalue weighted by Gasteiger charge is 2.34. The summed E-state index contributed by atoms with van der Waals surface area (Å²) >= 11 is 0. The molecule has 54 heavy (non-hydrogen) atoms. The molecule has 0 aliphatic rings. The van der Waals surface area contributed by atoms with Gasteiger partial charge in [-0.1, -0.05) is 196 Å². The van der Waals surface area contributed by atoms with E-state index in [-0.39, 0.29) is 34.0 Å². The van der Waals surface area contributed by atoms with E-state index in [0.29, 0.717) is 0 Å². The summed E-state index contributed by atoms with van der Waals surface area (Å²) < 4.78 is 2.94. The minimum Gasteiger partial charge on any atom is -1.00 e. The van der Waals surface area contributed by atoms with Crippen molar-refractivity contribution in [2.75, 3.05) is 52.4 Å². The summed E-state index contributed by atoms with van der Waals surface area (Å²) in [6, 6.07) is 0. The summed E-state index contributed by atoms with van der Waals surface area (Å²) in [6.45, 7) is 26.0. The van der Waals surface area contributed by atoms with Crippen LogP contribution in [0.1, 0.15) is 273 Å². The Labute approximate surface area is 366 Å². The lowest BCUT2D eigenvalue weighted by Crippen LogP contribution is -3.00. The van der Waals surface area contributed by atoms with Crippen LogP contribution in [-0.2, 0) is 0 Å². The molecule has 0 aromatic carbocycles. The van der Waals surface area contributed by atoms with Gasteiger partial charge in [-0.15, -0.1) is 0 Å². The summed E-state index contributed by atoms with van der Waals surface area (Å²) in [7, 11) is 0. The Morgan fingerprint density at radius 2 is 0.296 bits per heavy atom. The van der Waals surface area contributed by atoms with Crippen molar-refractivity contribution in [3.63, 3.8) is 0 Å². The summed E-state index contributed by atoms with van der Waals surface area (Å²) in [5, 5.41) is 0. The molecule has 0 amide bonds. The van der Waals surface area contributed by atoms with Crippen LogP contribution >= 0.6 is 0 Å². The predicted octanol–water partition coefficient (Wildman–Crippen LogP) is 10.8. The molecule has 0 N–H and O–H groups in total. The first-order chi connectivity index (χ1) is 25.6. The first-order valence-electron chi connectivity index (χ1n) is 25.3. The van der Waals surface area contributed by atoms with Gasteiger partial charge in [0.05, 0.1) is 39.3 Å². The number of hydrogen-bond donors (Lipinski definition) is 0. The van der Waals surface area contributed by atoms with Crippen molar-refractivity contribution in [1.82, 2.24) is 0 Å². The molecule has 0 rings (SSSR count). The summed E-state index contributed by atoms with van der Waals surface area (Å²) in [6.07, 6.45) is 52.1. The van der Waals surface area contributed by atoms with E-state index in [2.05, 4.69) is 41.5 Å². The van der Waals surface area contributed by atoms with Crippen LogP contribution in [0, 0.1) is 0 Å². The fourth-order valence-electron chi connectivity index (χ4n) is 9.13. The Balaban J connectivity index is -0.0000130. The van der Waals surface area contributed by atoms with Crippen molar-refractivity contribution in [3.05, 3.63) is 0 Å². The van der Waals surface area contributed by atoms with E-state index in [9.17, 15) is 0 Å². The molecule has 0 aromatic heterocycles. The topological polar surface area (TPSA) is 0 Å². The molecule has 0 atom stereocenters. The zero-order chi connectivity index (χ0) is 38.1. The van der Waals surface area contributed by atoms with Gasteiger partial charge in [0.1, 0.15) is 13.1 Å². The molecule has 0 fully saturated rings. The van der Waals surface area contributed by atoms with Gasteiger partial charge in [-0.05, 0) is 77.0 Å². The lowest BCUT2D eigenvalue weighted by Gasteiger charge is -2.45.